The molecule has 1 heterocycles. The second-order valence-corrected chi connectivity index (χ2v) is 10.1. The van der Waals surface area contributed by atoms with Crippen molar-refractivity contribution in [1.82, 2.24) is 0 Å². The van der Waals surface area contributed by atoms with Crippen LogP contribution < -0.4 is 0 Å². The predicted octanol–water partition coefficient (Wildman–Crippen LogP) is 2.91. The van der Waals surface area contributed by atoms with Crippen molar-refractivity contribution >= 4 is 22.1 Å². The summed E-state index contributed by atoms with van der Waals surface area (Å²) in [5.41, 5.74) is 1.43. The minimum atomic E-state index is -4.13. The number of carbonyl (C=O) groups is 2. The molecule has 0 bridgehead atoms. The zero-order valence-corrected chi connectivity index (χ0v) is 20.7. The molecule has 194 valence electrons. The van der Waals surface area contributed by atoms with Gasteiger partial charge in [0.05, 0.1) is 22.6 Å². The van der Waals surface area contributed by atoms with E-state index >= 15 is 0 Å². The first-order valence-electron chi connectivity index (χ1n) is 11.5. The van der Waals surface area contributed by atoms with Crippen LogP contribution in [0.4, 0.5) is 0 Å². The molecule has 1 N–H and O–H groups in total. The van der Waals surface area contributed by atoms with Gasteiger partial charge in [-0.05, 0) is 43.3 Å². The zero-order valence-electron chi connectivity index (χ0n) is 19.9. The number of esters is 2. The fraction of sp³-hybridized carbons (Fsp3) is 0.259. The summed E-state index contributed by atoms with van der Waals surface area (Å²) >= 11 is 0. The average molecular weight is 527 g/mol. The predicted molar refractivity (Wildman–Crippen MR) is 131 cm³/mol. The maximum absolute atomic E-state index is 12.7. The van der Waals surface area contributed by atoms with Gasteiger partial charge in [0.2, 0.25) is 0 Å². The number of ether oxygens (including phenoxy) is 3. The first-order valence-corrected chi connectivity index (χ1v) is 12.9. The molecule has 4 atom stereocenters. The molecule has 3 aromatic rings. The van der Waals surface area contributed by atoms with E-state index in [4.69, 9.17) is 18.4 Å². The van der Waals surface area contributed by atoms with Crippen molar-refractivity contribution in [2.24, 2.45) is 0 Å². The molecular weight excluding hydrogens is 500 g/mol. The van der Waals surface area contributed by atoms with Crippen LogP contribution in [0.25, 0.3) is 0 Å². The van der Waals surface area contributed by atoms with E-state index in [1.54, 1.807) is 72.8 Å². The average Bonchev–Trinajstić information content (AvgIpc) is 3.21. The van der Waals surface area contributed by atoms with Crippen molar-refractivity contribution in [3.05, 3.63) is 102 Å². The molecule has 3 aromatic carbocycles. The van der Waals surface area contributed by atoms with Crippen LogP contribution in [0.15, 0.2) is 89.8 Å². The van der Waals surface area contributed by atoms with E-state index in [2.05, 4.69) is 0 Å². The zero-order chi connectivity index (χ0) is 26.4. The molecule has 1 saturated heterocycles. The second kappa shape index (κ2) is 11.7. The lowest BCUT2D eigenvalue weighted by Gasteiger charge is -2.21. The molecule has 0 spiro atoms. The number of benzene rings is 3. The quantitative estimate of drug-likeness (QED) is 0.331. The molecule has 0 saturated carbocycles. The van der Waals surface area contributed by atoms with Crippen LogP contribution in [0.1, 0.15) is 26.3 Å². The molecular formula is C27H26O9S. The van der Waals surface area contributed by atoms with E-state index in [0.717, 1.165) is 5.56 Å². The highest BCUT2D eigenvalue weighted by molar-refractivity contribution is 7.86. The third kappa shape index (κ3) is 6.60. The van der Waals surface area contributed by atoms with Gasteiger partial charge in [-0.2, -0.15) is 8.42 Å². The van der Waals surface area contributed by atoms with Crippen molar-refractivity contribution < 1.29 is 41.5 Å². The molecule has 0 aliphatic carbocycles. The van der Waals surface area contributed by atoms with E-state index in [1.807, 2.05) is 6.92 Å². The number of rotatable bonds is 9. The molecule has 1 aliphatic heterocycles. The summed E-state index contributed by atoms with van der Waals surface area (Å²) in [6.07, 6.45) is -4.92. The Morgan fingerprint density at radius 2 is 1.38 bits per heavy atom. The van der Waals surface area contributed by atoms with Gasteiger partial charge in [-0.25, -0.2) is 9.59 Å². The van der Waals surface area contributed by atoms with E-state index < -0.39 is 53.1 Å². The van der Waals surface area contributed by atoms with Gasteiger partial charge >= 0.3 is 11.9 Å². The molecule has 0 aromatic heterocycles. The first kappa shape index (κ1) is 26.5. The SMILES string of the molecule is Cc1ccc(S(=O)(=O)OC[C@H]2O[C@@H](COC(=O)c3ccccc3)[C@@H](OC(=O)c3ccccc3)[C@H]2O)cc1. The lowest BCUT2D eigenvalue weighted by molar-refractivity contribution is -0.0481. The Morgan fingerprint density at radius 1 is 0.811 bits per heavy atom. The Bertz CT molecular complexity index is 1310. The standard InChI is InChI=1S/C27H26O9S/c1-18-12-14-21(15-13-18)37(31,32)34-17-22-24(28)25(36-27(30)20-10-6-3-7-11-20)23(35-22)16-33-26(29)19-8-4-2-5-9-19/h2-15,22-25,28H,16-17H2,1H3/t22-,23+,24+,25-/m1/s1. The highest BCUT2D eigenvalue weighted by Gasteiger charge is 2.47. The highest BCUT2D eigenvalue weighted by Crippen LogP contribution is 2.27. The smallest absolute Gasteiger partial charge is 0.338 e. The van der Waals surface area contributed by atoms with Crippen LogP contribution in [0, 0.1) is 6.92 Å². The molecule has 4 rings (SSSR count). The van der Waals surface area contributed by atoms with Gasteiger partial charge in [-0.15, -0.1) is 0 Å². The van der Waals surface area contributed by atoms with Crippen LogP contribution in [0.5, 0.6) is 0 Å². The number of hydrogen-bond acceptors (Lipinski definition) is 9. The summed E-state index contributed by atoms with van der Waals surface area (Å²) in [4.78, 5) is 25.0. The molecule has 0 unspecified atom stereocenters. The minimum absolute atomic E-state index is 0.0500. The number of hydrogen-bond donors (Lipinski definition) is 1. The number of carbonyl (C=O) groups excluding carboxylic acids is 2. The third-order valence-electron chi connectivity index (χ3n) is 5.77. The largest absolute Gasteiger partial charge is 0.459 e. The Balaban J connectivity index is 1.46. The molecule has 1 fully saturated rings. The summed E-state index contributed by atoms with van der Waals surface area (Å²) in [6, 6.07) is 22.5. The van der Waals surface area contributed by atoms with Crippen molar-refractivity contribution in [2.75, 3.05) is 13.2 Å². The van der Waals surface area contributed by atoms with Gasteiger partial charge in [0.15, 0.2) is 6.10 Å². The molecule has 0 amide bonds. The van der Waals surface area contributed by atoms with E-state index in [1.165, 1.54) is 12.1 Å². The van der Waals surface area contributed by atoms with Crippen LogP contribution in [0.3, 0.4) is 0 Å². The van der Waals surface area contributed by atoms with Gasteiger partial charge in [0.25, 0.3) is 10.1 Å². The van der Waals surface area contributed by atoms with Crippen molar-refractivity contribution in [3.63, 3.8) is 0 Å². The molecule has 9 nitrogen and oxygen atoms in total. The Morgan fingerprint density at radius 3 is 1.97 bits per heavy atom. The summed E-state index contributed by atoms with van der Waals surface area (Å²) in [5, 5.41) is 10.9. The molecule has 10 heteroatoms. The maximum Gasteiger partial charge on any atom is 0.338 e. The Kier molecular flexibility index (Phi) is 8.34. The summed E-state index contributed by atoms with van der Waals surface area (Å²) in [5.74, 6) is -1.35. The Labute approximate surface area is 214 Å². The molecule has 37 heavy (non-hydrogen) atoms. The van der Waals surface area contributed by atoms with Gasteiger partial charge in [-0.1, -0.05) is 54.1 Å². The second-order valence-electron chi connectivity index (χ2n) is 8.46. The van der Waals surface area contributed by atoms with Crippen LogP contribution in [-0.2, 0) is 28.5 Å². The van der Waals surface area contributed by atoms with Crippen molar-refractivity contribution in [2.45, 2.75) is 36.2 Å². The number of aliphatic hydroxyl groups excluding tert-OH is 1. The fourth-order valence-electron chi connectivity index (χ4n) is 3.74. The van der Waals surface area contributed by atoms with Crippen LogP contribution in [0.2, 0.25) is 0 Å². The van der Waals surface area contributed by atoms with Crippen LogP contribution >= 0.6 is 0 Å². The van der Waals surface area contributed by atoms with E-state index in [-0.39, 0.29) is 17.1 Å². The number of aryl methyl sites for hydroxylation is 1. The lowest BCUT2D eigenvalue weighted by atomic mass is 10.1. The van der Waals surface area contributed by atoms with Gasteiger partial charge in [-0.3, -0.25) is 4.18 Å². The van der Waals surface area contributed by atoms with Gasteiger partial charge < -0.3 is 19.3 Å². The summed E-state index contributed by atoms with van der Waals surface area (Å²) < 4.78 is 46.9. The maximum atomic E-state index is 12.7. The Hall–Kier alpha value is -3.57. The molecule has 0 radical (unpaired) electrons. The van der Waals surface area contributed by atoms with Crippen molar-refractivity contribution in [1.29, 1.82) is 0 Å². The minimum Gasteiger partial charge on any atom is -0.459 e. The normalized spacial score (nSPS) is 21.4. The van der Waals surface area contributed by atoms with E-state index in [0.29, 0.717) is 5.56 Å². The van der Waals surface area contributed by atoms with E-state index in [9.17, 15) is 23.1 Å². The van der Waals surface area contributed by atoms with Crippen LogP contribution in [-0.4, -0.2) is 63.1 Å². The topological polar surface area (TPSA) is 125 Å². The van der Waals surface area contributed by atoms with Crippen molar-refractivity contribution in [3.8, 4) is 0 Å². The number of aliphatic hydroxyl groups is 1. The lowest BCUT2D eigenvalue weighted by Crippen LogP contribution is -2.40. The third-order valence-corrected chi connectivity index (χ3v) is 7.07. The molecule has 1 aliphatic rings. The fourth-order valence-corrected chi connectivity index (χ4v) is 4.66. The summed E-state index contributed by atoms with van der Waals surface area (Å²) in [6.45, 7) is 0.931. The first-order chi connectivity index (χ1) is 17.7. The van der Waals surface area contributed by atoms with Gasteiger partial charge in [0.1, 0.15) is 24.9 Å². The summed E-state index contributed by atoms with van der Waals surface area (Å²) in [7, 11) is -4.13. The van der Waals surface area contributed by atoms with Gasteiger partial charge in [0, 0.05) is 0 Å². The highest BCUT2D eigenvalue weighted by atomic mass is 32.2. The monoisotopic (exact) mass is 526 g/mol.